The largest absolute Gasteiger partial charge is 0.358 e. The highest BCUT2D eigenvalue weighted by Gasteiger charge is 2.11. The Balaban J connectivity index is 1.65. The molecule has 0 spiro atoms. The van der Waals surface area contributed by atoms with Crippen LogP contribution in [0.3, 0.4) is 0 Å². The molecule has 3 heteroatoms. The van der Waals surface area contributed by atoms with Crippen molar-refractivity contribution in [3.05, 3.63) is 72.1 Å². The predicted molar refractivity (Wildman–Crippen MR) is 84.6 cm³/mol. The highest BCUT2D eigenvalue weighted by atomic mass is 16.1. The summed E-state index contributed by atoms with van der Waals surface area (Å²) in [5.74, 6) is 0.0951. The Bertz CT molecular complexity index is 880. The van der Waals surface area contributed by atoms with Crippen LogP contribution in [0, 0.1) is 0 Å². The third-order valence-corrected chi connectivity index (χ3v) is 3.77. The summed E-state index contributed by atoms with van der Waals surface area (Å²) < 4.78 is 0. The molecule has 0 bridgehead atoms. The minimum atomic E-state index is 0.0951. The number of Topliss-reactive ketones (excluding diaryl/α,β-unsaturated/α-hetero) is 1. The number of para-hydroxylation sites is 2. The molecule has 102 valence electrons. The normalized spacial score (nSPS) is 11.2. The second kappa shape index (κ2) is 4.63. The van der Waals surface area contributed by atoms with Crippen molar-refractivity contribution in [3.63, 3.8) is 0 Å². The SMILES string of the molecule is O=C(Cc1cc2ccccc2[nH]1)c1cc2ccccc2[nH]1. The van der Waals surface area contributed by atoms with Gasteiger partial charge in [-0.2, -0.15) is 0 Å². The molecule has 21 heavy (non-hydrogen) atoms. The van der Waals surface area contributed by atoms with Crippen molar-refractivity contribution in [3.8, 4) is 0 Å². The van der Waals surface area contributed by atoms with Crippen LogP contribution in [0.2, 0.25) is 0 Å². The molecule has 4 rings (SSSR count). The van der Waals surface area contributed by atoms with Crippen LogP contribution < -0.4 is 0 Å². The molecular formula is C18H14N2O. The van der Waals surface area contributed by atoms with E-state index >= 15 is 0 Å². The maximum Gasteiger partial charge on any atom is 0.184 e. The maximum atomic E-state index is 12.4. The molecule has 3 nitrogen and oxygen atoms in total. The molecule has 2 aromatic heterocycles. The lowest BCUT2D eigenvalue weighted by molar-refractivity contribution is 0.0988. The highest BCUT2D eigenvalue weighted by Crippen LogP contribution is 2.18. The van der Waals surface area contributed by atoms with Gasteiger partial charge in [0.15, 0.2) is 5.78 Å². The summed E-state index contributed by atoms with van der Waals surface area (Å²) in [4.78, 5) is 18.9. The van der Waals surface area contributed by atoms with Gasteiger partial charge in [0.05, 0.1) is 12.1 Å². The second-order valence-corrected chi connectivity index (χ2v) is 5.25. The average Bonchev–Trinajstić information content (AvgIpc) is 3.10. The van der Waals surface area contributed by atoms with Crippen molar-refractivity contribution in [2.75, 3.05) is 0 Å². The first-order valence-corrected chi connectivity index (χ1v) is 6.97. The van der Waals surface area contributed by atoms with Gasteiger partial charge in [0.1, 0.15) is 0 Å². The molecule has 0 aliphatic rings. The Hall–Kier alpha value is -2.81. The first-order chi connectivity index (χ1) is 10.3. The molecule has 0 fully saturated rings. The van der Waals surface area contributed by atoms with Crippen molar-refractivity contribution >= 4 is 27.6 Å². The molecule has 0 unspecified atom stereocenters. The minimum Gasteiger partial charge on any atom is -0.358 e. The first-order valence-electron chi connectivity index (χ1n) is 6.97. The Labute approximate surface area is 121 Å². The van der Waals surface area contributed by atoms with Gasteiger partial charge in [-0.25, -0.2) is 0 Å². The van der Waals surface area contributed by atoms with Crippen molar-refractivity contribution in [2.24, 2.45) is 0 Å². The Kier molecular flexibility index (Phi) is 2.64. The standard InChI is InChI=1S/C18H14N2O/c21-18(17-10-13-6-2-4-8-16(13)20-17)11-14-9-12-5-1-3-7-15(12)19-14/h1-10,19-20H,11H2. The van der Waals surface area contributed by atoms with Crippen LogP contribution in [-0.4, -0.2) is 15.8 Å². The highest BCUT2D eigenvalue weighted by molar-refractivity contribution is 6.00. The molecule has 2 heterocycles. The van der Waals surface area contributed by atoms with Crippen LogP contribution in [0.25, 0.3) is 21.8 Å². The number of benzene rings is 2. The summed E-state index contributed by atoms with van der Waals surface area (Å²) in [5.41, 5.74) is 3.67. The predicted octanol–water partition coefficient (Wildman–Crippen LogP) is 4.07. The lowest BCUT2D eigenvalue weighted by atomic mass is 10.1. The number of aromatic amines is 2. The van der Waals surface area contributed by atoms with Gasteiger partial charge >= 0.3 is 0 Å². The van der Waals surface area contributed by atoms with Crippen LogP contribution in [0.1, 0.15) is 16.2 Å². The zero-order valence-electron chi connectivity index (χ0n) is 11.4. The molecule has 0 aliphatic carbocycles. The summed E-state index contributed by atoms with van der Waals surface area (Å²) in [7, 11) is 0. The molecule has 0 aliphatic heterocycles. The Morgan fingerprint density at radius 2 is 1.43 bits per heavy atom. The van der Waals surface area contributed by atoms with Crippen LogP contribution in [0.5, 0.6) is 0 Å². The van der Waals surface area contributed by atoms with E-state index in [9.17, 15) is 4.79 Å². The van der Waals surface area contributed by atoms with Crippen molar-refractivity contribution in [1.29, 1.82) is 0 Å². The van der Waals surface area contributed by atoms with E-state index in [1.807, 2.05) is 60.7 Å². The van der Waals surface area contributed by atoms with Gasteiger partial charge in [-0.15, -0.1) is 0 Å². The number of hydrogen-bond acceptors (Lipinski definition) is 1. The fraction of sp³-hybridized carbons (Fsp3) is 0.0556. The summed E-state index contributed by atoms with van der Waals surface area (Å²) in [5, 5.41) is 2.20. The van der Waals surface area contributed by atoms with Gasteiger partial charge in [0, 0.05) is 22.1 Å². The van der Waals surface area contributed by atoms with E-state index in [2.05, 4.69) is 9.97 Å². The summed E-state index contributed by atoms with van der Waals surface area (Å²) in [6.07, 6.45) is 0.376. The number of aromatic nitrogens is 2. The smallest absolute Gasteiger partial charge is 0.184 e. The van der Waals surface area contributed by atoms with Gasteiger partial charge in [-0.05, 0) is 29.7 Å². The number of hydrogen-bond donors (Lipinski definition) is 2. The number of fused-ring (bicyclic) bond motifs is 2. The third-order valence-electron chi connectivity index (χ3n) is 3.77. The fourth-order valence-electron chi connectivity index (χ4n) is 2.72. The maximum absolute atomic E-state index is 12.4. The van der Waals surface area contributed by atoms with E-state index < -0.39 is 0 Å². The fourth-order valence-corrected chi connectivity index (χ4v) is 2.72. The van der Waals surface area contributed by atoms with Crippen LogP contribution in [0.4, 0.5) is 0 Å². The number of rotatable bonds is 3. The number of nitrogens with one attached hydrogen (secondary N) is 2. The molecule has 2 aromatic carbocycles. The Morgan fingerprint density at radius 1 is 0.810 bits per heavy atom. The lowest BCUT2D eigenvalue weighted by Crippen LogP contribution is -2.03. The number of H-pyrrole nitrogens is 2. The number of ketones is 1. The molecule has 4 aromatic rings. The monoisotopic (exact) mass is 274 g/mol. The van der Waals surface area contributed by atoms with E-state index in [0.29, 0.717) is 12.1 Å². The van der Waals surface area contributed by atoms with E-state index in [1.54, 1.807) is 0 Å². The van der Waals surface area contributed by atoms with Crippen molar-refractivity contribution in [1.82, 2.24) is 9.97 Å². The van der Waals surface area contributed by atoms with Crippen LogP contribution >= 0.6 is 0 Å². The van der Waals surface area contributed by atoms with Gasteiger partial charge in [-0.3, -0.25) is 4.79 Å². The molecule has 0 atom stereocenters. The number of carbonyl (C=O) groups is 1. The molecule has 2 N–H and O–H groups in total. The Morgan fingerprint density at radius 3 is 2.10 bits per heavy atom. The molecule has 0 radical (unpaired) electrons. The quantitative estimate of drug-likeness (QED) is 0.543. The summed E-state index contributed by atoms with van der Waals surface area (Å²) >= 11 is 0. The third kappa shape index (κ3) is 2.13. The minimum absolute atomic E-state index is 0.0951. The summed E-state index contributed by atoms with van der Waals surface area (Å²) in [6.45, 7) is 0. The zero-order valence-corrected chi connectivity index (χ0v) is 11.4. The molecule has 0 saturated heterocycles. The second-order valence-electron chi connectivity index (χ2n) is 5.25. The van der Waals surface area contributed by atoms with Crippen LogP contribution in [0.15, 0.2) is 60.7 Å². The van der Waals surface area contributed by atoms with Crippen molar-refractivity contribution < 1.29 is 4.79 Å². The van der Waals surface area contributed by atoms with Gasteiger partial charge < -0.3 is 9.97 Å². The van der Waals surface area contributed by atoms with E-state index in [1.165, 1.54) is 0 Å². The summed E-state index contributed by atoms with van der Waals surface area (Å²) in [6, 6.07) is 19.9. The van der Waals surface area contributed by atoms with Gasteiger partial charge in [0.25, 0.3) is 0 Å². The lowest BCUT2D eigenvalue weighted by Gasteiger charge is -1.95. The molecular weight excluding hydrogens is 260 g/mol. The van der Waals surface area contributed by atoms with E-state index in [-0.39, 0.29) is 5.78 Å². The van der Waals surface area contributed by atoms with E-state index in [0.717, 1.165) is 27.5 Å². The van der Waals surface area contributed by atoms with Gasteiger partial charge in [0.2, 0.25) is 0 Å². The van der Waals surface area contributed by atoms with Gasteiger partial charge in [-0.1, -0.05) is 36.4 Å². The zero-order chi connectivity index (χ0) is 14.2. The topological polar surface area (TPSA) is 48.6 Å². The molecule has 0 amide bonds. The van der Waals surface area contributed by atoms with Crippen LogP contribution in [-0.2, 0) is 6.42 Å². The number of carbonyl (C=O) groups excluding carboxylic acids is 1. The molecule has 0 saturated carbocycles. The van der Waals surface area contributed by atoms with Crippen molar-refractivity contribution in [2.45, 2.75) is 6.42 Å². The first kappa shape index (κ1) is 12.0. The average molecular weight is 274 g/mol. The van der Waals surface area contributed by atoms with E-state index in [4.69, 9.17) is 0 Å².